The van der Waals surface area contributed by atoms with Crippen LogP contribution in [0.4, 0.5) is 0 Å². The predicted molar refractivity (Wildman–Crippen MR) is 73.5 cm³/mol. The molecule has 0 spiro atoms. The van der Waals surface area contributed by atoms with Crippen LogP contribution in [0.2, 0.25) is 0 Å². The highest BCUT2D eigenvalue weighted by Gasteiger charge is 2.08. The van der Waals surface area contributed by atoms with E-state index in [1.165, 1.54) is 0 Å². The summed E-state index contributed by atoms with van der Waals surface area (Å²) in [5, 5.41) is 8.52. The maximum Gasteiger partial charge on any atom is 0.163 e. The molecule has 3 aromatic rings. The number of methoxy groups -OCH3 is 1. The van der Waals surface area contributed by atoms with E-state index in [0.717, 1.165) is 34.8 Å². The van der Waals surface area contributed by atoms with Gasteiger partial charge in [-0.1, -0.05) is 18.2 Å². The maximum absolute atomic E-state index is 5.24. The number of benzene rings is 1. The zero-order valence-electron chi connectivity index (χ0n) is 11.0. The molecule has 0 amide bonds. The fourth-order valence-electron chi connectivity index (χ4n) is 2.18. The number of aromatic nitrogens is 3. The SMILES string of the molecule is COc1cccc(Cc2nnc3c(C)cccn23)c1. The highest BCUT2D eigenvalue weighted by molar-refractivity contribution is 5.46. The molecule has 1 aromatic carbocycles. The van der Waals surface area contributed by atoms with Gasteiger partial charge in [0.25, 0.3) is 0 Å². The van der Waals surface area contributed by atoms with Crippen molar-refractivity contribution in [2.45, 2.75) is 13.3 Å². The van der Waals surface area contributed by atoms with Gasteiger partial charge in [-0.15, -0.1) is 10.2 Å². The number of hydrogen-bond donors (Lipinski definition) is 0. The van der Waals surface area contributed by atoms with Crippen LogP contribution in [0.25, 0.3) is 5.65 Å². The van der Waals surface area contributed by atoms with Crippen molar-refractivity contribution in [3.63, 3.8) is 0 Å². The van der Waals surface area contributed by atoms with Crippen LogP contribution in [0.1, 0.15) is 17.0 Å². The fraction of sp³-hybridized carbons (Fsp3) is 0.200. The molecule has 0 aliphatic heterocycles. The van der Waals surface area contributed by atoms with Crippen molar-refractivity contribution >= 4 is 5.65 Å². The lowest BCUT2D eigenvalue weighted by molar-refractivity contribution is 0.414. The lowest BCUT2D eigenvalue weighted by atomic mass is 10.1. The van der Waals surface area contributed by atoms with Gasteiger partial charge in [0, 0.05) is 12.6 Å². The molecule has 2 heterocycles. The van der Waals surface area contributed by atoms with Crippen LogP contribution in [0.3, 0.4) is 0 Å². The zero-order valence-corrected chi connectivity index (χ0v) is 11.0. The number of pyridine rings is 1. The Morgan fingerprint density at radius 3 is 2.89 bits per heavy atom. The van der Waals surface area contributed by atoms with Gasteiger partial charge in [-0.05, 0) is 36.2 Å². The van der Waals surface area contributed by atoms with E-state index in [1.807, 2.05) is 47.9 Å². The second-order valence-electron chi connectivity index (χ2n) is 4.53. The summed E-state index contributed by atoms with van der Waals surface area (Å²) in [7, 11) is 1.68. The molecule has 0 fully saturated rings. The number of hydrogen-bond acceptors (Lipinski definition) is 3. The summed E-state index contributed by atoms with van der Waals surface area (Å²) < 4.78 is 7.27. The number of rotatable bonds is 3. The Balaban J connectivity index is 1.99. The Labute approximate surface area is 111 Å². The highest BCUT2D eigenvalue weighted by atomic mass is 16.5. The van der Waals surface area contributed by atoms with Gasteiger partial charge in [0.2, 0.25) is 0 Å². The third kappa shape index (κ3) is 2.17. The quantitative estimate of drug-likeness (QED) is 0.720. The molecule has 4 heteroatoms. The number of aryl methyl sites for hydroxylation is 1. The standard InChI is InChI=1S/C15H15N3O/c1-11-5-4-8-18-14(16-17-15(11)18)10-12-6-3-7-13(9-12)19-2/h3-9H,10H2,1-2H3. The molecule has 0 N–H and O–H groups in total. The van der Waals surface area contributed by atoms with Crippen molar-refractivity contribution in [1.29, 1.82) is 0 Å². The minimum atomic E-state index is 0.738. The summed E-state index contributed by atoms with van der Waals surface area (Å²) >= 11 is 0. The van der Waals surface area contributed by atoms with E-state index >= 15 is 0 Å². The molecule has 96 valence electrons. The van der Waals surface area contributed by atoms with Gasteiger partial charge in [0.15, 0.2) is 5.65 Å². The first-order chi connectivity index (χ1) is 9.28. The summed E-state index contributed by atoms with van der Waals surface area (Å²) in [5.41, 5.74) is 3.21. The van der Waals surface area contributed by atoms with E-state index in [1.54, 1.807) is 7.11 Å². The van der Waals surface area contributed by atoms with Crippen molar-refractivity contribution in [1.82, 2.24) is 14.6 Å². The summed E-state index contributed by atoms with van der Waals surface area (Å²) in [6.07, 6.45) is 2.74. The van der Waals surface area contributed by atoms with Gasteiger partial charge in [-0.25, -0.2) is 0 Å². The molecular formula is C15H15N3O. The Bertz CT molecular complexity index is 718. The molecule has 0 aliphatic rings. The van der Waals surface area contributed by atoms with Crippen LogP contribution in [-0.2, 0) is 6.42 Å². The van der Waals surface area contributed by atoms with Crippen molar-refractivity contribution in [3.8, 4) is 5.75 Å². The molecule has 0 saturated carbocycles. The van der Waals surface area contributed by atoms with E-state index in [2.05, 4.69) is 16.3 Å². The van der Waals surface area contributed by atoms with E-state index in [0.29, 0.717) is 0 Å². The van der Waals surface area contributed by atoms with Crippen LogP contribution < -0.4 is 4.74 Å². The lowest BCUT2D eigenvalue weighted by Gasteiger charge is -2.04. The average molecular weight is 253 g/mol. The number of fused-ring (bicyclic) bond motifs is 1. The molecule has 19 heavy (non-hydrogen) atoms. The van der Waals surface area contributed by atoms with Crippen LogP contribution in [0.5, 0.6) is 5.75 Å². The smallest absolute Gasteiger partial charge is 0.163 e. The van der Waals surface area contributed by atoms with Crippen molar-refractivity contribution in [2.24, 2.45) is 0 Å². The van der Waals surface area contributed by atoms with Crippen molar-refractivity contribution < 1.29 is 4.74 Å². The van der Waals surface area contributed by atoms with Crippen LogP contribution in [-0.4, -0.2) is 21.7 Å². The predicted octanol–water partition coefficient (Wildman–Crippen LogP) is 2.64. The minimum Gasteiger partial charge on any atom is -0.497 e. The van der Waals surface area contributed by atoms with E-state index in [4.69, 9.17) is 4.74 Å². The molecule has 2 aromatic heterocycles. The Kier molecular flexibility index (Phi) is 2.91. The van der Waals surface area contributed by atoms with Crippen molar-refractivity contribution in [2.75, 3.05) is 7.11 Å². The zero-order chi connectivity index (χ0) is 13.2. The highest BCUT2D eigenvalue weighted by Crippen LogP contribution is 2.16. The first-order valence-electron chi connectivity index (χ1n) is 6.20. The first kappa shape index (κ1) is 11.7. The normalized spacial score (nSPS) is 10.8. The molecular weight excluding hydrogens is 238 g/mol. The van der Waals surface area contributed by atoms with Gasteiger partial charge in [-0.2, -0.15) is 0 Å². The summed E-state index contributed by atoms with van der Waals surface area (Å²) in [6.45, 7) is 2.04. The molecule has 0 saturated heterocycles. The van der Waals surface area contributed by atoms with Crippen LogP contribution in [0.15, 0.2) is 42.6 Å². The average Bonchev–Trinajstić information content (AvgIpc) is 2.84. The summed E-state index contributed by atoms with van der Waals surface area (Å²) in [5.74, 6) is 1.80. The van der Waals surface area contributed by atoms with E-state index in [9.17, 15) is 0 Å². The Morgan fingerprint density at radius 1 is 1.16 bits per heavy atom. The lowest BCUT2D eigenvalue weighted by Crippen LogP contribution is -1.97. The Hall–Kier alpha value is -2.36. The topological polar surface area (TPSA) is 39.4 Å². The summed E-state index contributed by atoms with van der Waals surface area (Å²) in [6, 6.07) is 12.1. The maximum atomic E-state index is 5.24. The molecule has 0 atom stereocenters. The monoisotopic (exact) mass is 253 g/mol. The van der Waals surface area contributed by atoms with Gasteiger partial charge >= 0.3 is 0 Å². The molecule has 0 aliphatic carbocycles. The molecule has 0 radical (unpaired) electrons. The Morgan fingerprint density at radius 2 is 2.05 bits per heavy atom. The molecule has 0 bridgehead atoms. The summed E-state index contributed by atoms with van der Waals surface area (Å²) in [4.78, 5) is 0. The third-order valence-electron chi connectivity index (χ3n) is 3.20. The van der Waals surface area contributed by atoms with Gasteiger partial charge in [0.1, 0.15) is 11.6 Å². The molecule has 0 unspecified atom stereocenters. The van der Waals surface area contributed by atoms with Crippen LogP contribution in [0, 0.1) is 6.92 Å². The number of ether oxygens (including phenoxy) is 1. The molecule has 3 rings (SSSR count). The van der Waals surface area contributed by atoms with Crippen LogP contribution >= 0.6 is 0 Å². The largest absolute Gasteiger partial charge is 0.497 e. The number of nitrogens with zero attached hydrogens (tertiary/aromatic N) is 3. The first-order valence-corrected chi connectivity index (χ1v) is 6.20. The molecule has 4 nitrogen and oxygen atoms in total. The third-order valence-corrected chi connectivity index (χ3v) is 3.20. The fourth-order valence-corrected chi connectivity index (χ4v) is 2.18. The van der Waals surface area contributed by atoms with Gasteiger partial charge in [-0.3, -0.25) is 4.40 Å². The second kappa shape index (κ2) is 4.72. The van der Waals surface area contributed by atoms with Gasteiger partial charge < -0.3 is 4.74 Å². The van der Waals surface area contributed by atoms with Crippen molar-refractivity contribution in [3.05, 3.63) is 59.5 Å². The van der Waals surface area contributed by atoms with Gasteiger partial charge in [0.05, 0.1) is 7.11 Å². The minimum absolute atomic E-state index is 0.738. The van der Waals surface area contributed by atoms with E-state index in [-0.39, 0.29) is 0 Å². The second-order valence-corrected chi connectivity index (χ2v) is 4.53. The van der Waals surface area contributed by atoms with E-state index < -0.39 is 0 Å².